The van der Waals surface area contributed by atoms with Gasteiger partial charge in [-0.25, -0.2) is 0 Å². The first kappa shape index (κ1) is 9.78. The van der Waals surface area contributed by atoms with Crippen molar-refractivity contribution in [2.24, 2.45) is 0 Å². The third-order valence-electron chi connectivity index (χ3n) is 1.17. The maximum Gasteiger partial charge on any atom is 0.401 e. The fourth-order valence-corrected chi connectivity index (χ4v) is 0.712. The third kappa shape index (κ3) is 3.74. The van der Waals surface area contributed by atoms with Crippen molar-refractivity contribution in [2.45, 2.75) is 12.7 Å². The van der Waals surface area contributed by atoms with E-state index in [4.69, 9.17) is 5.73 Å². The fourth-order valence-electron chi connectivity index (χ4n) is 0.712. The number of aromatic nitrogens is 3. The lowest BCUT2D eigenvalue weighted by atomic mass is 10.5. The van der Waals surface area contributed by atoms with E-state index in [1.807, 2.05) is 0 Å². The van der Waals surface area contributed by atoms with Gasteiger partial charge < -0.3 is 11.1 Å². The van der Waals surface area contributed by atoms with Gasteiger partial charge in [-0.2, -0.15) is 18.2 Å². The molecule has 1 aromatic heterocycles. The average Bonchev–Trinajstić information content (AvgIpc) is 2.33. The summed E-state index contributed by atoms with van der Waals surface area (Å²) < 4.78 is 34.9. The number of nitrogens with one attached hydrogen (secondary N) is 2. The van der Waals surface area contributed by atoms with Gasteiger partial charge in [0.1, 0.15) is 5.82 Å². The summed E-state index contributed by atoms with van der Waals surface area (Å²) in [5.74, 6) is 0.297. The predicted octanol–water partition coefficient (Wildman–Crippen LogP) is 0.0388. The van der Waals surface area contributed by atoms with Crippen LogP contribution in [0, 0.1) is 0 Å². The summed E-state index contributed by atoms with van der Waals surface area (Å²) in [5.41, 5.74) is 5.13. The van der Waals surface area contributed by atoms with Crippen molar-refractivity contribution in [3.63, 3.8) is 0 Å². The van der Waals surface area contributed by atoms with E-state index in [1.54, 1.807) is 0 Å². The van der Waals surface area contributed by atoms with Crippen LogP contribution < -0.4 is 11.1 Å². The minimum Gasteiger partial charge on any atom is -0.367 e. The van der Waals surface area contributed by atoms with Crippen molar-refractivity contribution in [2.75, 3.05) is 12.3 Å². The summed E-state index contributed by atoms with van der Waals surface area (Å²) in [6.07, 6.45) is -4.22. The Bertz CT molecular complexity index is 267. The lowest BCUT2D eigenvalue weighted by molar-refractivity contribution is -0.125. The molecule has 0 saturated heterocycles. The molecule has 13 heavy (non-hydrogen) atoms. The summed E-state index contributed by atoms with van der Waals surface area (Å²) in [7, 11) is 0. The smallest absolute Gasteiger partial charge is 0.367 e. The molecular weight excluding hydrogens is 187 g/mol. The highest BCUT2D eigenvalue weighted by molar-refractivity contribution is 5.12. The molecule has 0 unspecified atom stereocenters. The van der Waals surface area contributed by atoms with Gasteiger partial charge in [-0.3, -0.25) is 5.10 Å². The number of H-pyrrole nitrogens is 1. The number of anilines is 1. The highest BCUT2D eigenvalue weighted by Crippen LogP contribution is 2.12. The number of nitrogens with zero attached hydrogens (tertiary/aromatic N) is 2. The summed E-state index contributed by atoms with van der Waals surface area (Å²) in [4.78, 5) is 3.61. The van der Waals surface area contributed by atoms with Crippen LogP contribution in [0.3, 0.4) is 0 Å². The quantitative estimate of drug-likeness (QED) is 0.636. The Hall–Kier alpha value is -1.31. The van der Waals surface area contributed by atoms with Gasteiger partial charge in [-0.1, -0.05) is 0 Å². The molecule has 0 fully saturated rings. The Morgan fingerprint density at radius 1 is 1.46 bits per heavy atom. The van der Waals surface area contributed by atoms with Crippen LogP contribution in [0.1, 0.15) is 5.82 Å². The van der Waals surface area contributed by atoms with Crippen molar-refractivity contribution in [1.82, 2.24) is 20.5 Å². The number of alkyl halides is 3. The Morgan fingerprint density at radius 3 is 2.62 bits per heavy atom. The first-order valence-corrected chi connectivity index (χ1v) is 3.41. The van der Waals surface area contributed by atoms with E-state index in [2.05, 4.69) is 20.5 Å². The Kier molecular flexibility index (Phi) is 2.71. The van der Waals surface area contributed by atoms with E-state index >= 15 is 0 Å². The van der Waals surface area contributed by atoms with Gasteiger partial charge in [0.15, 0.2) is 0 Å². The molecule has 0 aliphatic heterocycles. The molecular formula is C5H8F3N5. The van der Waals surface area contributed by atoms with Gasteiger partial charge in [0.25, 0.3) is 0 Å². The SMILES string of the molecule is Nc1n[nH]c(CNCC(F)(F)F)n1. The minimum atomic E-state index is -4.22. The van der Waals surface area contributed by atoms with Crippen molar-refractivity contribution in [3.8, 4) is 0 Å². The van der Waals surface area contributed by atoms with E-state index in [9.17, 15) is 13.2 Å². The lowest BCUT2D eigenvalue weighted by Gasteiger charge is -2.05. The topological polar surface area (TPSA) is 79.6 Å². The second kappa shape index (κ2) is 3.60. The standard InChI is InChI=1S/C5H8F3N5/c6-5(7,8)2-10-1-3-11-4(9)13-12-3/h10H,1-2H2,(H3,9,11,12,13). The molecule has 8 heteroatoms. The summed E-state index contributed by atoms with van der Waals surface area (Å²) in [6.45, 7) is -1.10. The minimum absolute atomic E-state index is 0.0174. The number of nitrogens with two attached hydrogens (primary N) is 1. The van der Waals surface area contributed by atoms with Gasteiger partial charge in [0, 0.05) is 0 Å². The van der Waals surface area contributed by atoms with Gasteiger partial charge in [0.2, 0.25) is 5.95 Å². The van der Waals surface area contributed by atoms with Gasteiger partial charge in [0.05, 0.1) is 13.1 Å². The normalized spacial score (nSPS) is 11.9. The van der Waals surface area contributed by atoms with Crippen LogP contribution >= 0.6 is 0 Å². The molecule has 0 aliphatic carbocycles. The summed E-state index contributed by atoms with van der Waals surface area (Å²) in [5, 5.41) is 7.97. The van der Waals surface area contributed by atoms with Crippen LogP contribution in [0.4, 0.5) is 19.1 Å². The predicted molar refractivity (Wildman–Crippen MR) is 38.6 cm³/mol. The molecule has 1 heterocycles. The number of hydrogen-bond acceptors (Lipinski definition) is 4. The molecule has 0 aromatic carbocycles. The number of hydrogen-bond donors (Lipinski definition) is 3. The zero-order valence-electron chi connectivity index (χ0n) is 6.52. The van der Waals surface area contributed by atoms with Gasteiger partial charge >= 0.3 is 6.18 Å². The Labute approximate surface area is 71.5 Å². The molecule has 0 atom stereocenters. The molecule has 0 amide bonds. The molecule has 1 rings (SSSR count). The molecule has 5 nitrogen and oxygen atoms in total. The highest BCUT2D eigenvalue weighted by atomic mass is 19.4. The fraction of sp³-hybridized carbons (Fsp3) is 0.600. The zero-order valence-corrected chi connectivity index (χ0v) is 6.52. The molecule has 0 spiro atoms. The van der Waals surface area contributed by atoms with E-state index in [0.29, 0.717) is 0 Å². The second-order valence-electron chi connectivity index (χ2n) is 2.36. The van der Waals surface area contributed by atoms with E-state index in [-0.39, 0.29) is 18.3 Å². The number of nitrogen functional groups attached to an aromatic ring is 1. The van der Waals surface area contributed by atoms with Crippen LogP contribution in [0.25, 0.3) is 0 Å². The van der Waals surface area contributed by atoms with Crippen LogP contribution in [0.5, 0.6) is 0 Å². The molecule has 0 aliphatic rings. The van der Waals surface area contributed by atoms with E-state index < -0.39 is 12.7 Å². The second-order valence-corrected chi connectivity index (χ2v) is 2.36. The number of halogens is 3. The molecule has 0 saturated carbocycles. The van der Waals surface area contributed by atoms with Crippen LogP contribution in [0.15, 0.2) is 0 Å². The first-order valence-electron chi connectivity index (χ1n) is 3.41. The van der Waals surface area contributed by atoms with Crippen molar-refractivity contribution < 1.29 is 13.2 Å². The van der Waals surface area contributed by atoms with Gasteiger partial charge in [-0.15, -0.1) is 5.10 Å². The largest absolute Gasteiger partial charge is 0.401 e. The summed E-state index contributed by atoms with van der Waals surface area (Å²) in [6, 6.07) is 0. The average molecular weight is 195 g/mol. The third-order valence-corrected chi connectivity index (χ3v) is 1.17. The monoisotopic (exact) mass is 195 g/mol. The van der Waals surface area contributed by atoms with Crippen molar-refractivity contribution >= 4 is 5.95 Å². The number of rotatable bonds is 3. The van der Waals surface area contributed by atoms with Gasteiger partial charge in [-0.05, 0) is 0 Å². The van der Waals surface area contributed by atoms with Crippen molar-refractivity contribution in [3.05, 3.63) is 5.82 Å². The highest BCUT2D eigenvalue weighted by Gasteiger charge is 2.26. The lowest BCUT2D eigenvalue weighted by Crippen LogP contribution is -2.28. The van der Waals surface area contributed by atoms with Crippen molar-refractivity contribution in [1.29, 1.82) is 0 Å². The maximum absolute atomic E-state index is 11.6. The molecule has 0 radical (unpaired) electrons. The molecule has 4 N–H and O–H groups in total. The Morgan fingerprint density at radius 2 is 2.15 bits per heavy atom. The first-order chi connectivity index (χ1) is 5.97. The van der Waals surface area contributed by atoms with E-state index in [0.717, 1.165) is 0 Å². The van der Waals surface area contributed by atoms with Crippen LogP contribution in [-0.2, 0) is 6.54 Å². The number of aromatic amines is 1. The molecule has 1 aromatic rings. The molecule has 0 bridgehead atoms. The zero-order chi connectivity index (χ0) is 9.90. The maximum atomic E-state index is 11.6. The van der Waals surface area contributed by atoms with E-state index in [1.165, 1.54) is 0 Å². The molecule has 74 valence electrons. The summed E-state index contributed by atoms with van der Waals surface area (Å²) >= 11 is 0. The van der Waals surface area contributed by atoms with Crippen LogP contribution in [0.2, 0.25) is 0 Å². The Balaban J connectivity index is 2.28. The van der Waals surface area contributed by atoms with Crippen LogP contribution in [-0.4, -0.2) is 27.9 Å².